The largest absolute Gasteiger partial charge is 0.462 e. The van der Waals surface area contributed by atoms with Crippen molar-refractivity contribution >= 4 is 28.2 Å². The van der Waals surface area contributed by atoms with Crippen LogP contribution in [0.4, 0.5) is 5.00 Å². The molecule has 0 saturated heterocycles. The minimum atomic E-state index is -1.04. The van der Waals surface area contributed by atoms with Crippen LogP contribution in [0.1, 0.15) is 90.5 Å². The lowest BCUT2D eigenvalue weighted by atomic mass is 9.63. The van der Waals surface area contributed by atoms with E-state index in [0.717, 1.165) is 29.7 Å². The number of nitriles is 2. The molecule has 3 aliphatic rings. The number of carbonyl (C=O) groups excluding carboxylic acids is 2. The first kappa shape index (κ1) is 22.5. The summed E-state index contributed by atoms with van der Waals surface area (Å²) in [6.07, 6.45) is 3.91. The maximum Gasteiger partial charge on any atom is 0.341 e. The van der Waals surface area contributed by atoms with Crippen LogP contribution in [0.15, 0.2) is 0 Å². The van der Waals surface area contributed by atoms with Gasteiger partial charge in [-0.05, 0) is 50.0 Å². The van der Waals surface area contributed by atoms with Gasteiger partial charge in [-0.2, -0.15) is 10.5 Å². The van der Waals surface area contributed by atoms with Crippen molar-refractivity contribution in [3.05, 3.63) is 38.8 Å². The van der Waals surface area contributed by atoms with Crippen LogP contribution in [0.5, 0.6) is 0 Å². The van der Waals surface area contributed by atoms with Gasteiger partial charge >= 0.3 is 5.97 Å². The van der Waals surface area contributed by atoms with E-state index in [-0.39, 0.29) is 23.9 Å². The second kappa shape index (κ2) is 7.35. The monoisotopic (exact) mass is 475 g/mol. The Hall–Kier alpha value is -3.30. The molecule has 2 bridgehead atoms. The van der Waals surface area contributed by atoms with E-state index in [0.29, 0.717) is 34.8 Å². The van der Waals surface area contributed by atoms with Crippen LogP contribution in [0, 0.1) is 28.1 Å². The molecule has 2 atom stereocenters. The van der Waals surface area contributed by atoms with Crippen molar-refractivity contribution in [1.29, 1.82) is 10.5 Å². The zero-order valence-corrected chi connectivity index (χ0v) is 20.5. The number of nitrogens with one attached hydrogen (secondary N) is 1. The van der Waals surface area contributed by atoms with Crippen molar-refractivity contribution in [1.82, 2.24) is 9.97 Å². The van der Waals surface area contributed by atoms with E-state index in [1.165, 1.54) is 11.3 Å². The predicted octanol–water partition coefficient (Wildman–Crippen LogP) is 3.91. The third-order valence-electron chi connectivity index (χ3n) is 8.50. The van der Waals surface area contributed by atoms with E-state index in [2.05, 4.69) is 22.2 Å². The third kappa shape index (κ3) is 2.56. The van der Waals surface area contributed by atoms with E-state index in [4.69, 9.17) is 4.74 Å². The lowest BCUT2D eigenvalue weighted by Crippen LogP contribution is -2.48. The number of fused-ring (bicyclic) bond motifs is 6. The highest BCUT2D eigenvalue weighted by atomic mass is 32.1. The molecule has 0 aromatic carbocycles. The van der Waals surface area contributed by atoms with Gasteiger partial charge in [0.1, 0.15) is 17.1 Å². The van der Waals surface area contributed by atoms with Gasteiger partial charge in [-0.1, -0.05) is 20.8 Å². The average Bonchev–Trinajstić information content (AvgIpc) is 3.47. The number of rotatable bonds is 4. The lowest BCUT2D eigenvalue weighted by Gasteiger charge is -2.39. The molecule has 1 fully saturated rings. The Morgan fingerprint density at radius 1 is 1.09 bits per heavy atom. The standard InChI is InChI=1S/C25H25N5O3S/c1-5-33-21(31)17-13-7-6-8-16(13)34-20(17)30-22(32)25-10-9-24(4,23(25,2)3)18-19(25)29-15(12-27)14(11-26)28-18/h5-10H2,1-4H3,(H,30,32). The second-order valence-corrected chi connectivity index (χ2v) is 11.0. The first-order chi connectivity index (χ1) is 16.2. The molecule has 5 rings (SSSR count). The highest BCUT2D eigenvalue weighted by molar-refractivity contribution is 7.17. The molecule has 174 valence electrons. The molecule has 2 aromatic rings. The fourth-order valence-corrected chi connectivity index (χ4v) is 7.53. The van der Waals surface area contributed by atoms with Gasteiger partial charge < -0.3 is 10.1 Å². The van der Waals surface area contributed by atoms with Crippen LogP contribution in [-0.4, -0.2) is 28.5 Å². The first-order valence-electron chi connectivity index (χ1n) is 11.5. The molecule has 1 N–H and O–H groups in total. The Kier molecular flexibility index (Phi) is 4.86. The number of hydrogen-bond donors (Lipinski definition) is 1. The Morgan fingerprint density at radius 2 is 1.76 bits per heavy atom. The normalized spacial score (nSPS) is 25.2. The molecule has 2 aromatic heterocycles. The van der Waals surface area contributed by atoms with Crippen molar-refractivity contribution in [2.75, 3.05) is 11.9 Å². The van der Waals surface area contributed by atoms with Crippen LogP contribution >= 0.6 is 11.3 Å². The van der Waals surface area contributed by atoms with Gasteiger partial charge in [-0.25, -0.2) is 14.8 Å². The van der Waals surface area contributed by atoms with Crippen LogP contribution in [-0.2, 0) is 33.2 Å². The Bertz CT molecular complexity index is 1350. The van der Waals surface area contributed by atoms with Crippen molar-refractivity contribution in [2.45, 2.75) is 70.6 Å². The number of anilines is 1. The maximum absolute atomic E-state index is 14.2. The molecule has 1 amide bonds. The SMILES string of the molecule is CCOC(=O)c1c(NC(=O)C23CCC(C)(c4nc(C#N)c(C#N)nc42)C3(C)C)sc2c1CCC2. The fraction of sp³-hybridized carbons (Fsp3) is 0.520. The topological polar surface area (TPSA) is 129 Å². The highest BCUT2D eigenvalue weighted by Crippen LogP contribution is 2.70. The zero-order valence-electron chi connectivity index (χ0n) is 19.7. The molecule has 2 unspecified atom stereocenters. The predicted molar refractivity (Wildman–Crippen MR) is 124 cm³/mol. The smallest absolute Gasteiger partial charge is 0.341 e. The van der Waals surface area contributed by atoms with Crippen LogP contribution < -0.4 is 5.32 Å². The Morgan fingerprint density at radius 3 is 2.41 bits per heavy atom. The van der Waals surface area contributed by atoms with Gasteiger partial charge in [0.25, 0.3) is 0 Å². The number of thiophene rings is 1. The number of aromatic nitrogens is 2. The van der Waals surface area contributed by atoms with Crippen LogP contribution in [0.3, 0.4) is 0 Å². The number of esters is 1. The van der Waals surface area contributed by atoms with E-state index in [1.807, 2.05) is 26.0 Å². The summed E-state index contributed by atoms with van der Waals surface area (Å²) in [5.41, 5.74) is 0.362. The number of amides is 1. The molecule has 8 nitrogen and oxygen atoms in total. The van der Waals surface area contributed by atoms with E-state index < -0.39 is 22.2 Å². The van der Waals surface area contributed by atoms with Gasteiger partial charge in [0.05, 0.1) is 29.0 Å². The van der Waals surface area contributed by atoms with Gasteiger partial charge in [-0.3, -0.25) is 4.79 Å². The molecule has 0 radical (unpaired) electrons. The van der Waals surface area contributed by atoms with E-state index in [1.54, 1.807) is 6.92 Å². The van der Waals surface area contributed by atoms with Crippen molar-refractivity contribution in [3.63, 3.8) is 0 Å². The quantitative estimate of drug-likeness (QED) is 0.664. The van der Waals surface area contributed by atoms with Crippen molar-refractivity contribution in [2.24, 2.45) is 5.41 Å². The Balaban J connectivity index is 1.64. The number of nitrogens with zero attached hydrogens (tertiary/aromatic N) is 4. The Labute approximate surface area is 202 Å². The van der Waals surface area contributed by atoms with Gasteiger partial charge in [0.2, 0.25) is 5.91 Å². The van der Waals surface area contributed by atoms with Gasteiger partial charge in [0.15, 0.2) is 11.4 Å². The summed E-state index contributed by atoms with van der Waals surface area (Å²) in [6.45, 7) is 8.14. The maximum atomic E-state index is 14.2. The summed E-state index contributed by atoms with van der Waals surface area (Å²) >= 11 is 1.44. The molecule has 34 heavy (non-hydrogen) atoms. The number of ether oxygens (including phenoxy) is 1. The lowest BCUT2D eigenvalue weighted by molar-refractivity contribution is -0.125. The summed E-state index contributed by atoms with van der Waals surface area (Å²) in [5.74, 6) is -0.671. The summed E-state index contributed by atoms with van der Waals surface area (Å²) in [7, 11) is 0. The minimum Gasteiger partial charge on any atom is -0.462 e. The summed E-state index contributed by atoms with van der Waals surface area (Å²) in [5, 5.41) is 22.7. The number of carbonyl (C=O) groups is 2. The third-order valence-corrected chi connectivity index (χ3v) is 9.70. The summed E-state index contributed by atoms with van der Waals surface area (Å²) in [6, 6.07) is 3.93. The molecule has 2 heterocycles. The van der Waals surface area contributed by atoms with E-state index in [9.17, 15) is 20.1 Å². The summed E-state index contributed by atoms with van der Waals surface area (Å²) in [4.78, 5) is 37.2. The summed E-state index contributed by atoms with van der Waals surface area (Å²) < 4.78 is 5.32. The van der Waals surface area contributed by atoms with Crippen molar-refractivity contribution in [3.8, 4) is 12.1 Å². The van der Waals surface area contributed by atoms with Gasteiger partial charge in [0, 0.05) is 10.3 Å². The molecule has 3 aliphatic carbocycles. The molecule has 9 heteroatoms. The molecule has 0 aliphatic heterocycles. The van der Waals surface area contributed by atoms with Crippen LogP contribution in [0.2, 0.25) is 0 Å². The van der Waals surface area contributed by atoms with Crippen LogP contribution in [0.25, 0.3) is 0 Å². The molecular formula is C25H25N5O3S. The molecule has 0 spiro atoms. The number of aryl methyl sites for hydroxylation is 1. The number of hydrogen-bond acceptors (Lipinski definition) is 8. The fourth-order valence-electron chi connectivity index (χ4n) is 6.26. The van der Waals surface area contributed by atoms with Gasteiger partial charge in [-0.15, -0.1) is 11.3 Å². The molecule has 1 saturated carbocycles. The average molecular weight is 476 g/mol. The highest BCUT2D eigenvalue weighted by Gasteiger charge is 2.73. The van der Waals surface area contributed by atoms with E-state index >= 15 is 0 Å². The second-order valence-electron chi connectivity index (χ2n) is 9.94. The first-order valence-corrected chi connectivity index (χ1v) is 12.3. The molecular weight excluding hydrogens is 450 g/mol. The van der Waals surface area contributed by atoms with Crippen molar-refractivity contribution < 1.29 is 14.3 Å². The minimum absolute atomic E-state index is 0.0133. The zero-order chi connectivity index (χ0) is 24.5.